The van der Waals surface area contributed by atoms with Crippen LogP contribution in [-0.4, -0.2) is 31.1 Å². The number of hydrogen-bond donors (Lipinski definition) is 1. The highest BCUT2D eigenvalue weighted by molar-refractivity contribution is 8.00. The lowest BCUT2D eigenvalue weighted by atomic mass is 10.0. The molecule has 0 spiro atoms. The third-order valence-corrected chi connectivity index (χ3v) is 5.34. The fourth-order valence-electron chi connectivity index (χ4n) is 2.77. The monoisotopic (exact) mass is 388 g/mol. The van der Waals surface area contributed by atoms with E-state index in [2.05, 4.69) is 15.5 Å². The quantitative estimate of drug-likeness (QED) is 0.396. The van der Waals surface area contributed by atoms with Crippen molar-refractivity contribution >= 4 is 17.5 Å². The first-order valence-electron chi connectivity index (χ1n) is 8.61. The maximum atomic E-state index is 13.2. The molecule has 28 heavy (non-hydrogen) atoms. The minimum atomic E-state index is -0.495. The predicted molar refractivity (Wildman–Crippen MR) is 107 cm³/mol. The maximum absolute atomic E-state index is 13.2. The van der Waals surface area contributed by atoms with E-state index in [1.54, 1.807) is 28.9 Å². The van der Waals surface area contributed by atoms with Gasteiger partial charge in [-0.15, -0.1) is 5.10 Å². The summed E-state index contributed by atoms with van der Waals surface area (Å²) in [6.45, 7) is 0. The fourth-order valence-corrected chi connectivity index (χ4v) is 3.84. The van der Waals surface area contributed by atoms with Crippen molar-refractivity contribution in [3.8, 4) is 11.4 Å². The SMILES string of the molecule is O=C(c1ccccc1)[C@H](Sc1nnnn1-c1ccc(O)cc1)c1ccccc1. The molecule has 0 radical (unpaired) electrons. The number of phenols is 1. The van der Waals surface area contributed by atoms with E-state index in [1.165, 1.54) is 11.8 Å². The Balaban J connectivity index is 1.71. The smallest absolute Gasteiger partial charge is 0.215 e. The number of phenolic OH excluding ortho intramolecular Hbond substituents is 1. The number of thioether (sulfide) groups is 1. The molecule has 0 bridgehead atoms. The third kappa shape index (κ3) is 3.79. The van der Waals surface area contributed by atoms with Gasteiger partial charge in [-0.1, -0.05) is 72.4 Å². The molecule has 0 aliphatic carbocycles. The van der Waals surface area contributed by atoms with Crippen molar-refractivity contribution in [2.45, 2.75) is 10.4 Å². The number of carbonyl (C=O) groups excluding carboxylic acids is 1. The highest BCUT2D eigenvalue weighted by atomic mass is 32.2. The van der Waals surface area contributed by atoms with Gasteiger partial charge in [0.2, 0.25) is 5.16 Å². The number of aromatic nitrogens is 4. The molecule has 4 aromatic rings. The molecular formula is C21H16N4O2S. The Bertz CT molecular complexity index is 1070. The molecule has 7 heteroatoms. The van der Waals surface area contributed by atoms with Crippen LogP contribution in [0.15, 0.2) is 90.1 Å². The van der Waals surface area contributed by atoms with Crippen LogP contribution in [0.1, 0.15) is 21.2 Å². The van der Waals surface area contributed by atoms with E-state index < -0.39 is 5.25 Å². The van der Waals surface area contributed by atoms with Crippen LogP contribution in [0.2, 0.25) is 0 Å². The Morgan fingerprint density at radius 1 is 0.893 bits per heavy atom. The molecule has 3 aromatic carbocycles. The van der Waals surface area contributed by atoms with Crippen LogP contribution in [-0.2, 0) is 0 Å². The van der Waals surface area contributed by atoms with Crippen molar-refractivity contribution in [3.05, 3.63) is 96.1 Å². The molecule has 138 valence electrons. The minimum absolute atomic E-state index is 0.0166. The summed E-state index contributed by atoms with van der Waals surface area (Å²) in [6, 6.07) is 25.3. The summed E-state index contributed by atoms with van der Waals surface area (Å²) < 4.78 is 1.55. The average molecular weight is 388 g/mol. The van der Waals surface area contributed by atoms with Crippen LogP contribution < -0.4 is 0 Å². The molecule has 0 aliphatic heterocycles. The molecule has 4 rings (SSSR count). The number of aromatic hydroxyl groups is 1. The van der Waals surface area contributed by atoms with Gasteiger partial charge in [0.25, 0.3) is 0 Å². The summed E-state index contributed by atoms with van der Waals surface area (Å²) in [6.07, 6.45) is 0. The summed E-state index contributed by atoms with van der Waals surface area (Å²) in [5.41, 5.74) is 2.21. The van der Waals surface area contributed by atoms with E-state index in [1.807, 2.05) is 60.7 Å². The summed E-state index contributed by atoms with van der Waals surface area (Å²) in [5, 5.41) is 21.4. The Morgan fingerprint density at radius 3 is 2.21 bits per heavy atom. The molecule has 0 unspecified atom stereocenters. The number of ketones is 1. The van der Waals surface area contributed by atoms with Gasteiger partial charge in [0.1, 0.15) is 11.0 Å². The predicted octanol–water partition coefficient (Wildman–Crippen LogP) is 4.08. The fraction of sp³-hybridized carbons (Fsp3) is 0.0476. The lowest BCUT2D eigenvalue weighted by Crippen LogP contribution is -2.11. The molecule has 1 heterocycles. The van der Waals surface area contributed by atoms with Crippen molar-refractivity contribution in [3.63, 3.8) is 0 Å². The van der Waals surface area contributed by atoms with E-state index in [-0.39, 0.29) is 11.5 Å². The Hall–Kier alpha value is -3.45. The molecule has 0 amide bonds. The second kappa shape index (κ2) is 8.06. The van der Waals surface area contributed by atoms with Gasteiger partial charge in [0.05, 0.1) is 5.69 Å². The lowest BCUT2D eigenvalue weighted by molar-refractivity contribution is 0.0989. The largest absolute Gasteiger partial charge is 0.508 e. The van der Waals surface area contributed by atoms with Crippen LogP contribution in [0.25, 0.3) is 5.69 Å². The van der Waals surface area contributed by atoms with Crippen molar-refractivity contribution in [1.82, 2.24) is 20.2 Å². The zero-order chi connectivity index (χ0) is 19.3. The van der Waals surface area contributed by atoms with E-state index in [0.29, 0.717) is 16.4 Å². The van der Waals surface area contributed by atoms with Crippen LogP contribution in [0.3, 0.4) is 0 Å². The summed E-state index contributed by atoms with van der Waals surface area (Å²) >= 11 is 1.29. The Morgan fingerprint density at radius 2 is 1.54 bits per heavy atom. The van der Waals surface area contributed by atoms with Crippen molar-refractivity contribution in [2.75, 3.05) is 0 Å². The highest BCUT2D eigenvalue weighted by Gasteiger charge is 2.26. The number of nitrogens with zero attached hydrogens (tertiary/aromatic N) is 4. The first-order chi connectivity index (χ1) is 13.7. The molecule has 0 aliphatic rings. The summed E-state index contributed by atoms with van der Waals surface area (Å²) in [5.74, 6) is 0.143. The molecule has 0 saturated heterocycles. The van der Waals surface area contributed by atoms with Gasteiger partial charge >= 0.3 is 0 Å². The first kappa shape index (κ1) is 17.9. The van der Waals surface area contributed by atoms with Crippen LogP contribution in [0.5, 0.6) is 5.75 Å². The molecule has 1 N–H and O–H groups in total. The van der Waals surface area contributed by atoms with Gasteiger partial charge in [-0.25, -0.2) is 0 Å². The van der Waals surface area contributed by atoms with Gasteiger partial charge in [-0.05, 0) is 40.3 Å². The van der Waals surface area contributed by atoms with E-state index in [4.69, 9.17) is 0 Å². The minimum Gasteiger partial charge on any atom is -0.508 e. The topological polar surface area (TPSA) is 80.9 Å². The molecular weight excluding hydrogens is 372 g/mol. The summed E-state index contributed by atoms with van der Waals surface area (Å²) in [7, 11) is 0. The average Bonchev–Trinajstić information content (AvgIpc) is 3.21. The number of rotatable bonds is 6. The second-order valence-corrected chi connectivity index (χ2v) is 7.10. The number of benzene rings is 3. The zero-order valence-electron chi connectivity index (χ0n) is 14.7. The molecule has 1 atom stereocenters. The van der Waals surface area contributed by atoms with E-state index >= 15 is 0 Å². The van der Waals surface area contributed by atoms with Gasteiger partial charge in [0, 0.05) is 5.56 Å². The summed E-state index contributed by atoms with van der Waals surface area (Å²) in [4.78, 5) is 13.2. The standard InChI is InChI=1S/C21H16N4O2S/c26-18-13-11-17(12-14-18)25-21(22-23-24-25)28-20(16-9-5-2-6-10-16)19(27)15-7-3-1-4-8-15/h1-14,20,26H/t20-/m1/s1. The van der Waals surface area contributed by atoms with Gasteiger partial charge in [0.15, 0.2) is 5.78 Å². The van der Waals surface area contributed by atoms with Crippen molar-refractivity contribution in [1.29, 1.82) is 0 Å². The lowest BCUT2D eigenvalue weighted by Gasteiger charge is -2.15. The number of Topliss-reactive ketones (excluding diaryl/α,β-unsaturated/α-hetero) is 1. The van der Waals surface area contributed by atoms with Crippen molar-refractivity contribution in [2.24, 2.45) is 0 Å². The number of tetrazole rings is 1. The van der Waals surface area contributed by atoms with Gasteiger partial charge in [-0.3, -0.25) is 4.79 Å². The van der Waals surface area contributed by atoms with Crippen LogP contribution in [0, 0.1) is 0 Å². The number of hydrogen-bond acceptors (Lipinski definition) is 6. The van der Waals surface area contributed by atoms with E-state index in [9.17, 15) is 9.90 Å². The van der Waals surface area contributed by atoms with Gasteiger partial charge in [-0.2, -0.15) is 4.68 Å². The Labute approximate surface area is 165 Å². The molecule has 6 nitrogen and oxygen atoms in total. The molecule has 0 saturated carbocycles. The zero-order valence-corrected chi connectivity index (χ0v) is 15.5. The van der Waals surface area contributed by atoms with E-state index in [0.717, 1.165) is 5.56 Å². The van der Waals surface area contributed by atoms with Crippen LogP contribution in [0.4, 0.5) is 0 Å². The third-order valence-electron chi connectivity index (χ3n) is 4.16. The van der Waals surface area contributed by atoms with Crippen molar-refractivity contribution < 1.29 is 9.90 Å². The van der Waals surface area contributed by atoms with Crippen LogP contribution >= 0.6 is 11.8 Å². The molecule has 1 aromatic heterocycles. The normalized spacial score (nSPS) is 11.9. The second-order valence-electron chi connectivity index (χ2n) is 6.03. The number of carbonyl (C=O) groups is 1. The maximum Gasteiger partial charge on any atom is 0.215 e. The Kier molecular flexibility index (Phi) is 5.16. The first-order valence-corrected chi connectivity index (χ1v) is 9.49. The molecule has 0 fully saturated rings. The highest BCUT2D eigenvalue weighted by Crippen LogP contribution is 2.37. The van der Waals surface area contributed by atoms with Gasteiger partial charge < -0.3 is 5.11 Å².